The average molecular weight is 371 g/mol. The molecule has 0 aromatic heterocycles. The highest BCUT2D eigenvalue weighted by Crippen LogP contribution is 2.20. The third-order valence-electron chi connectivity index (χ3n) is 4.32. The fourth-order valence-corrected chi connectivity index (χ4v) is 3.01. The van der Waals surface area contributed by atoms with Gasteiger partial charge in [-0.2, -0.15) is 0 Å². The monoisotopic (exact) mass is 370 g/mol. The summed E-state index contributed by atoms with van der Waals surface area (Å²) in [6, 6.07) is 3.58. The molecule has 1 fully saturated rings. The number of amides is 3. The van der Waals surface area contributed by atoms with Crippen molar-refractivity contribution < 1.29 is 14.0 Å². The Morgan fingerprint density at radius 3 is 2.56 bits per heavy atom. The summed E-state index contributed by atoms with van der Waals surface area (Å²) in [7, 11) is 0. The molecule has 1 aromatic carbocycles. The Labute approximate surface area is 152 Å². The molecule has 6 nitrogen and oxygen atoms in total. The minimum Gasteiger partial charge on any atom is -0.338 e. The maximum Gasteiger partial charge on any atom is 0.321 e. The van der Waals surface area contributed by atoms with Crippen molar-refractivity contribution in [2.75, 3.05) is 32.7 Å². The Balaban J connectivity index is 1.82. The Hall–Kier alpha value is -1.70. The number of halogens is 2. The molecule has 3 amide bonds. The van der Waals surface area contributed by atoms with Crippen LogP contribution in [0.15, 0.2) is 18.2 Å². The van der Waals surface area contributed by atoms with Gasteiger partial charge in [0.15, 0.2) is 0 Å². The Morgan fingerprint density at radius 1 is 1.28 bits per heavy atom. The lowest BCUT2D eigenvalue weighted by atomic mass is 10.1. The van der Waals surface area contributed by atoms with E-state index in [-0.39, 0.29) is 17.8 Å². The minimum absolute atomic E-state index is 0.305. The van der Waals surface area contributed by atoms with E-state index in [2.05, 4.69) is 15.5 Å². The van der Waals surface area contributed by atoms with E-state index in [1.165, 1.54) is 12.1 Å². The van der Waals surface area contributed by atoms with Crippen LogP contribution in [0.2, 0.25) is 5.02 Å². The zero-order valence-corrected chi connectivity index (χ0v) is 15.3. The topological polar surface area (TPSA) is 64.7 Å². The first-order valence-electron chi connectivity index (χ1n) is 8.39. The molecule has 1 heterocycles. The molecule has 0 spiro atoms. The summed E-state index contributed by atoms with van der Waals surface area (Å²) < 4.78 is 13.1. The molecule has 1 atom stereocenters. The molecule has 0 aliphatic carbocycles. The molecule has 2 N–H and O–H groups in total. The molecule has 0 bridgehead atoms. The first-order valence-corrected chi connectivity index (χ1v) is 8.77. The van der Waals surface area contributed by atoms with Crippen molar-refractivity contribution in [3.8, 4) is 0 Å². The summed E-state index contributed by atoms with van der Waals surface area (Å²) in [6.45, 7) is 7.66. The number of carbonyl (C=O) groups excluding carboxylic acids is 2. The number of nitrogens with one attached hydrogen (secondary N) is 2. The van der Waals surface area contributed by atoms with Gasteiger partial charge in [-0.25, -0.2) is 9.18 Å². The second-order valence-electron chi connectivity index (χ2n) is 6.07. The smallest absolute Gasteiger partial charge is 0.321 e. The van der Waals surface area contributed by atoms with Gasteiger partial charge in [-0.3, -0.25) is 19.9 Å². The van der Waals surface area contributed by atoms with Crippen LogP contribution in [0.3, 0.4) is 0 Å². The summed E-state index contributed by atoms with van der Waals surface area (Å²) >= 11 is 6.08. The number of carbonyl (C=O) groups is 2. The van der Waals surface area contributed by atoms with Crippen LogP contribution in [0.4, 0.5) is 9.18 Å². The van der Waals surface area contributed by atoms with E-state index in [9.17, 15) is 14.0 Å². The Kier molecular flexibility index (Phi) is 7.16. The molecular weight excluding hydrogens is 347 g/mol. The van der Waals surface area contributed by atoms with Gasteiger partial charge in [0.25, 0.3) is 0 Å². The van der Waals surface area contributed by atoms with Gasteiger partial charge >= 0.3 is 6.03 Å². The van der Waals surface area contributed by atoms with Crippen LogP contribution in [-0.2, 0) is 11.3 Å². The average Bonchev–Trinajstić information content (AvgIpc) is 2.57. The number of piperazine rings is 1. The third-order valence-corrected chi connectivity index (χ3v) is 4.67. The summed E-state index contributed by atoms with van der Waals surface area (Å²) in [5.41, 5.74) is 0.888. The molecule has 1 unspecified atom stereocenters. The van der Waals surface area contributed by atoms with Gasteiger partial charge in [0.1, 0.15) is 5.82 Å². The fourth-order valence-electron chi connectivity index (χ4n) is 2.79. The van der Waals surface area contributed by atoms with Crippen molar-refractivity contribution in [2.24, 2.45) is 0 Å². The quantitative estimate of drug-likeness (QED) is 0.830. The highest BCUT2D eigenvalue weighted by molar-refractivity contribution is 6.31. The number of rotatable bonds is 5. The lowest BCUT2D eigenvalue weighted by Crippen LogP contribution is -2.55. The number of benzene rings is 1. The third kappa shape index (κ3) is 5.66. The molecule has 1 aliphatic heterocycles. The van der Waals surface area contributed by atoms with Crippen LogP contribution >= 0.6 is 11.6 Å². The van der Waals surface area contributed by atoms with Crippen LogP contribution < -0.4 is 10.6 Å². The van der Waals surface area contributed by atoms with E-state index >= 15 is 0 Å². The van der Waals surface area contributed by atoms with Gasteiger partial charge in [-0.15, -0.1) is 0 Å². The van der Waals surface area contributed by atoms with Crippen LogP contribution in [0.5, 0.6) is 0 Å². The molecule has 0 radical (unpaired) electrons. The maximum atomic E-state index is 13.1. The predicted molar refractivity (Wildman–Crippen MR) is 94.9 cm³/mol. The SMILES string of the molecule is CCNC(=O)NC(=O)C(C)N1CCN(Cc2ccc(F)cc2Cl)CC1. The Bertz CT molecular complexity index is 621. The fraction of sp³-hybridized carbons (Fsp3) is 0.529. The highest BCUT2D eigenvalue weighted by Gasteiger charge is 2.26. The van der Waals surface area contributed by atoms with Gasteiger partial charge < -0.3 is 5.32 Å². The summed E-state index contributed by atoms with van der Waals surface area (Å²) in [5.74, 6) is -0.647. The van der Waals surface area contributed by atoms with Crippen LogP contribution in [0.25, 0.3) is 0 Å². The van der Waals surface area contributed by atoms with Crippen molar-refractivity contribution in [3.63, 3.8) is 0 Å². The second kappa shape index (κ2) is 9.12. The van der Waals surface area contributed by atoms with Gasteiger partial charge in [0.05, 0.1) is 6.04 Å². The largest absolute Gasteiger partial charge is 0.338 e. The number of hydrogen-bond donors (Lipinski definition) is 2. The molecule has 25 heavy (non-hydrogen) atoms. The van der Waals surface area contributed by atoms with E-state index in [0.717, 1.165) is 18.7 Å². The van der Waals surface area contributed by atoms with Gasteiger partial charge in [0.2, 0.25) is 5.91 Å². The number of imide groups is 1. The Morgan fingerprint density at radius 2 is 1.96 bits per heavy atom. The van der Waals surface area contributed by atoms with Crippen molar-refractivity contribution >= 4 is 23.5 Å². The van der Waals surface area contributed by atoms with Crippen LogP contribution in [0, 0.1) is 5.82 Å². The molecule has 2 rings (SSSR count). The van der Waals surface area contributed by atoms with Gasteiger partial charge in [-0.05, 0) is 31.5 Å². The molecule has 8 heteroatoms. The zero-order chi connectivity index (χ0) is 18.4. The van der Waals surface area contributed by atoms with E-state index < -0.39 is 6.03 Å². The van der Waals surface area contributed by atoms with E-state index in [1.54, 1.807) is 19.9 Å². The molecule has 1 aliphatic rings. The van der Waals surface area contributed by atoms with E-state index in [0.29, 0.717) is 31.2 Å². The van der Waals surface area contributed by atoms with Crippen molar-refractivity contribution in [3.05, 3.63) is 34.6 Å². The number of hydrogen-bond acceptors (Lipinski definition) is 4. The van der Waals surface area contributed by atoms with E-state index in [1.807, 2.05) is 4.90 Å². The molecule has 1 saturated heterocycles. The number of urea groups is 1. The summed E-state index contributed by atoms with van der Waals surface area (Å²) in [6.07, 6.45) is 0. The lowest BCUT2D eigenvalue weighted by molar-refractivity contribution is -0.125. The van der Waals surface area contributed by atoms with E-state index in [4.69, 9.17) is 11.6 Å². The minimum atomic E-state index is -0.469. The number of nitrogens with zero attached hydrogens (tertiary/aromatic N) is 2. The second-order valence-corrected chi connectivity index (χ2v) is 6.48. The standard InChI is InChI=1S/C17H24ClFN4O2/c1-3-20-17(25)21-16(24)12(2)23-8-6-22(7-9-23)11-13-4-5-14(19)10-15(13)18/h4-5,10,12H,3,6-9,11H2,1-2H3,(H2,20,21,24,25). The van der Waals surface area contributed by atoms with Crippen LogP contribution in [-0.4, -0.2) is 60.5 Å². The predicted octanol–water partition coefficient (Wildman–Crippen LogP) is 1.83. The first kappa shape index (κ1) is 19.6. The molecule has 0 saturated carbocycles. The van der Waals surface area contributed by atoms with Gasteiger partial charge in [0, 0.05) is 44.3 Å². The highest BCUT2D eigenvalue weighted by atomic mass is 35.5. The normalized spacial score (nSPS) is 17.1. The van der Waals surface area contributed by atoms with Gasteiger partial charge in [-0.1, -0.05) is 17.7 Å². The summed E-state index contributed by atoms with van der Waals surface area (Å²) in [5, 5.41) is 5.31. The first-order chi connectivity index (χ1) is 11.9. The van der Waals surface area contributed by atoms with Crippen LogP contribution in [0.1, 0.15) is 19.4 Å². The van der Waals surface area contributed by atoms with Crippen molar-refractivity contribution in [1.82, 2.24) is 20.4 Å². The van der Waals surface area contributed by atoms with Crippen molar-refractivity contribution in [1.29, 1.82) is 0 Å². The van der Waals surface area contributed by atoms with Crippen molar-refractivity contribution in [2.45, 2.75) is 26.4 Å². The zero-order valence-electron chi connectivity index (χ0n) is 14.5. The molecular formula is C17H24ClFN4O2. The molecule has 138 valence electrons. The lowest BCUT2D eigenvalue weighted by Gasteiger charge is -2.37. The molecule has 1 aromatic rings. The summed E-state index contributed by atoms with van der Waals surface area (Å²) in [4.78, 5) is 27.8. The maximum absolute atomic E-state index is 13.1.